The van der Waals surface area contributed by atoms with E-state index < -0.39 is 10.0 Å². The minimum atomic E-state index is -3.77. The molecule has 1 aromatic carbocycles. The molecule has 1 aliphatic carbocycles. The smallest absolute Gasteiger partial charge is 0.264 e. The number of nitrogens with zero attached hydrogens (tertiary/aromatic N) is 3. The van der Waals surface area contributed by atoms with Crippen LogP contribution in [0, 0.1) is 5.92 Å². The molecule has 156 valence electrons. The number of thiazole rings is 1. The molecule has 0 fully saturated rings. The minimum Gasteiger partial charge on any atom is -0.332 e. The molecule has 1 aliphatic rings. The molecule has 0 saturated carbocycles. The molecule has 2 heterocycles. The van der Waals surface area contributed by atoms with Crippen molar-refractivity contribution in [1.29, 1.82) is 0 Å². The molecule has 3 N–H and O–H groups in total. The van der Waals surface area contributed by atoms with E-state index in [0.29, 0.717) is 16.7 Å². The normalized spacial score (nSPS) is 15.8. The van der Waals surface area contributed by atoms with E-state index in [1.807, 2.05) is 0 Å². The SMILES string of the molecule is CC1CCc2nc(NC(=S)Nc3ccc(S(=O)(=O)Nc4ncccn4)cc3)sc2C1. The van der Waals surface area contributed by atoms with Gasteiger partial charge in [-0.3, -0.25) is 0 Å². The summed E-state index contributed by atoms with van der Waals surface area (Å²) < 4.78 is 27.2. The van der Waals surface area contributed by atoms with Crippen molar-refractivity contribution in [2.45, 2.75) is 31.1 Å². The number of rotatable bonds is 5. The van der Waals surface area contributed by atoms with Crippen molar-refractivity contribution in [3.05, 3.63) is 53.3 Å². The summed E-state index contributed by atoms with van der Waals surface area (Å²) in [6.07, 6.45) is 6.16. The summed E-state index contributed by atoms with van der Waals surface area (Å²) in [5.41, 5.74) is 1.82. The number of aryl methyl sites for hydroxylation is 1. The Hall–Kier alpha value is -2.63. The Labute approximate surface area is 184 Å². The van der Waals surface area contributed by atoms with E-state index in [1.54, 1.807) is 29.5 Å². The van der Waals surface area contributed by atoms with Crippen LogP contribution in [0.4, 0.5) is 16.8 Å². The fourth-order valence-corrected chi connectivity index (χ4v) is 5.51. The monoisotopic (exact) mass is 460 g/mol. The van der Waals surface area contributed by atoms with Gasteiger partial charge in [-0.15, -0.1) is 11.3 Å². The maximum absolute atomic E-state index is 12.4. The van der Waals surface area contributed by atoms with Crippen molar-refractivity contribution >= 4 is 55.5 Å². The summed E-state index contributed by atoms with van der Waals surface area (Å²) in [5.74, 6) is 0.708. The fraction of sp³-hybridized carbons (Fsp3) is 0.263. The number of hydrogen-bond acceptors (Lipinski definition) is 7. The number of thiocarbonyl (C=S) groups is 1. The Morgan fingerprint density at radius 2 is 1.90 bits per heavy atom. The van der Waals surface area contributed by atoms with E-state index in [0.717, 1.165) is 23.7 Å². The Bertz CT molecular complexity index is 1150. The molecule has 1 unspecified atom stereocenters. The van der Waals surface area contributed by atoms with Crippen LogP contribution in [0.15, 0.2) is 47.6 Å². The lowest BCUT2D eigenvalue weighted by molar-refractivity contribution is 0.502. The highest BCUT2D eigenvalue weighted by Gasteiger charge is 2.20. The van der Waals surface area contributed by atoms with E-state index in [1.165, 1.54) is 35.8 Å². The third-order valence-electron chi connectivity index (χ3n) is 4.62. The average Bonchev–Trinajstić information content (AvgIpc) is 3.10. The van der Waals surface area contributed by atoms with Gasteiger partial charge in [-0.05, 0) is 67.7 Å². The summed E-state index contributed by atoms with van der Waals surface area (Å²) in [6.45, 7) is 2.26. The van der Waals surface area contributed by atoms with E-state index in [-0.39, 0.29) is 10.8 Å². The molecule has 11 heteroatoms. The van der Waals surface area contributed by atoms with Gasteiger partial charge >= 0.3 is 0 Å². The zero-order chi connectivity index (χ0) is 21.1. The second kappa shape index (κ2) is 8.62. The fourth-order valence-electron chi connectivity index (χ4n) is 3.10. The van der Waals surface area contributed by atoms with Crippen molar-refractivity contribution in [2.24, 2.45) is 5.92 Å². The lowest BCUT2D eigenvalue weighted by Crippen LogP contribution is -2.19. The van der Waals surface area contributed by atoms with Gasteiger partial charge in [-0.25, -0.2) is 28.1 Å². The van der Waals surface area contributed by atoms with E-state index in [9.17, 15) is 8.42 Å². The molecule has 8 nitrogen and oxygen atoms in total. The highest BCUT2D eigenvalue weighted by atomic mass is 32.2. The molecule has 0 radical (unpaired) electrons. The second-order valence-corrected chi connectivity index (χ2v) is 10.2. The van der Waals surface area contributed by atoms with Gasteiger partial charge < -0.3 is 10.6 Å². The molecule has 0 aliphatic heterocycles. The largest absolute Gasteiger partial charge is 0.332 e. The highest BCUT2D eigenvalue weighted by Crippen LogP contribution is 2.32. The molecule has 3 aromatic rings. The van der Waals surface area contributed by atoms with Crippen LogP contribution in [0.5, 0.6) is 0 Å². The summed E-state index contributed by atoms with van der Waals surface area (Å²) in [7, 11) is -3.77. The molecule has 0 amide bonds. The van der Waals surface area contributed by atoms with Crippen LogP contribution < -0.4 is 15.4 Å². The Balaban J connectivity index is 1.38. The van der Waals surface area contributed by atoms with Crippen LogP contribution in [0.25, 0.3) is 0 Å². The van der Waals surface area contributed by atoms with E-state index in [4.69, 9.17) is 12.2 Å². The van der Waals surface area contributed by atoms with Crippen LogP contribution >= 0.6 is 23.6 Å². The van der Waals surface area contributed by atoms with Crippen molar-refractivity contribution in [3.8, 4) is 0 Å². The van der Waals surface area contributed by atoms with Crippen molar-refractivity contribution < 1.29 is 8.42 Å². The predicted octanol–water partition coefficient (Wildman–Crippen LogP) is 3.67. The quantitative estimate of drug-likeness (QED) is 0.495. The Morgan fingerprint density at radius 1 is 1.17 bits per heavy atom. The Morgan fingerprint density at radius 3 is 2.63 bits per heavy atom. The molecule has 0 spiro atoms. The molecule has 2 aromatic heterocycles. The topological polar surface area (TPSA) is 109 Å². The van der Waals surface area contributed by atoms with Gasteiger partial charge in [0.2, 0.25) is 5.95 Å². The number of benzene rings is 1. The third kappa shape index (κ3) is 4.91. The van der Waals surface area contributed by atoms with Gasteiger partial charge in [-0.2, -0.15) is 0 Å². The summed E-state index contributed by atoms with van der Waals surface area (Å²) >= 11 is 7.01. The molecular formula is C19H20N6O2S3. The van der Waals surface area contributed by atoms with Gasteiger partial charge in [0.15, 0.2) is 10.2 Å². The molecule has 0 bridgehead atoms. The molecule has 1 atom stereocenters. The van der Waals surface area contributed by atoms with E-state index >= 15 is 0 Å². The number of sulfonamides is 1. The average molecular weight is 461 g/mol. The summed E-state index contributed by atoms with van der Waals surface area (Å²) in [6, 6.07) is 7.86. The minimum absolute atomic E-state index is 0.0191. The zero-order valence-electron chi connectivity index (χ0n) is 16.1. The van der Waals surface area contributed by atoms with Gasteiger partial charge in [0, 0.05) is 23.0 Å². The number of fused-ring (bicyclic) bond motifs is 1. The standard InChI is InChI=1S/C19H20N6O2S3/c1-12-3-8-15-16(11-12)29-19(23-15)24-18(28)22-13-4-6-14(7-5-13)30(26,27)25-17-20-9-2-10-21-17/h2,4-7,9-10,12H,3,8,11H2,1H3,(H,20,21,25)(H2,22,23,24,28). The highest BCUT2D eigenvalue weighted by molar-refractivity contribution is 7.92. The maximum atomic E-state index is 12.4. The predicted molar refractivity (Wildman–Crippen MR) is 122 cm³/mol. The van der Waals surface area contributed by atoms with Crippen molar-refractivity contribution in [3.63, 3.8) is 0 Å². The van der Waals surface area contributed by atoms with Gasteiger partial charge in [-0.1, -0.05) is 6.92 Å². The van der Waals surface area contributed by atoms with Crippen LogP contribution in [-0.2, 0) is 22.9 Å². The molecule has 4 rings (SSSR count). The molecule has 30 heavy (non-hydrogen) atoms. The molecular weight excluding hydrogens is 440 g/mol. The maximum Gasteiger partial charge on any atom is 0.264 e. The first-order valence-electron chi connectivity index (χ1n) is 9.35. The number of nitrogens with one attached hydrogen (secondary N) is 3. The lowest BCUT2D eigenvalue weighted by atomic mass is 9.93. The van der Waals surface area contributed by atoms with Crippen molar-refractivity contribution in [1.82, 2.24) is 15.0 Å². The number of aromatic nitrogens is 3. The second-order valence-electron chi connectivity index (χ2n) is 7.02. The van der Waals surface area contributed by atoms with Crippen LogP contribution in [0.3, 0.4) is 0 Å². The number of anilines is 3. The van der Waals surface area contributed by atoms with Gasteiger partial charge in [0.05, 0.1) is 10.6 Å². The van der Waals surface area contributed by atoms with Crippen LogP contribution in [0.2, 0.25) is 0 Å². The van der Waals surface area contributed by atoms with Gasteiger partial charge in [0.25, 0.3) is 10.0 Å². The first-order chi connectivity index (χ1) is 14.4. The number of hydrogen-bond donors (Lipinski definition) is 3. The summed E-state index contributed by atoms with van der Waals surface area (Å²) in [5, 5.41) is 7.35. The van der Waals surface area contributed by atoms with Crippen molar-refractivity contribution in [2.75, 3.05) is 15.4 Å². The first-order valence-corrected chi connectivity index (χ1v) is 12.1. The van der Waals surface area contributed by atoms with E-state index in [2.05, 4.69) is 37.2 Å². The van der Waals surface area contributed by atoms with Crippen LogP contribution in [0.1, 0.15) is 23.9 Å². The summed E-state index contributed by atoms with van der Waals surface area (Å²) in [4.78, 5) is 13.8. The Kier molecular flexibility index (Phi) is 5.93. The molecule has 0 saturated heterocycles. The van der Waals surface area contributed by atoms with Crippen LogP contribution in [-0.4, -0.2) is 28.5 Å². The third-order valence-corrected chi connectivity index (χ3v) is 7.20. The van der Waals surface area contributed by atoms with Gasteiger partial charge in [0.1, 0.15) is 0 Å². The first kappa shape index (κ1) is 20.6. The zero-order valence-corrected chi connectivity index (χ0v) is 18.6. The lowest BCUT2D eigenvalue weighted by Gasteiger charge is -2.15.